The highest BCUT2D eigenvalue weighted by molar-refractivity contribution is 7.91. The van der Waals surface area contributed by atoms with Crippen LogP contribution in [0.4, 0.5) is 0 Å². The van der Waals surface area contributed by atoms with Gasteiger partial charge in [-0.3, -0.25) is 0 Å². The molecule has 0 saturated carbocycles. The minimum Gasteiger partial charge on any atom is -0.389 e. The largest absolute Gasteiger partial charge is 0.389 e. The van der Waals surface area contributed by atoms with E-state index in [9.17, 15) is 13.5 Å². The van der Waals surface area contributed by atoms with Crippen molar-refractivity contribution in [3.63, 3.8) is 0 Å². The maximum Gasteiger partial charge on any atom is 0.151 e. The molecule has 1 saturated heterocycles. The standard InChI is InChI=1S/C10H21NO4S/c1-8(2)15-6-10(12)5-11-9-3-4-16(13,14)7-9/h8-12H,3-7H2,1-2H3. The average Bonchev–Trinajstić information content (AvgIpc) is 2.52. The Hall–Kier alpha value is -0.170. The molecule has 0 aliphatic carbocycles. The van der Waals surface area contributed by atoms with Crippen LogP contribution in [0.3, 0.4) is 0 Å². The van der Waals surface area contributed by atoms with Gasteiger partial charge in [0.15, 0.2) is 9.84 Å². The summed E-state index contributed by atoms with van der Waals surface area (Å²) in [6, 6.07) is -0.0151. The van der Waals surface area contributed by atoms with Gasteiger partial charge in [0.2, 0.25) is 0 Å². The number of aliphatic hydroxyl groups excluding tert-OH is 1. The van der Waals surface area contributed by atoms with Crippen molar-refractivity contribution in [3.8, 4) is 0 Å². The SMILES string of the molecule is CC(C)OCC(O)CNC1CCS(=O)(=O)C1. The number of ether oxygens (including phenoxy) is 1. The topological polar surface area (TPSA) is 75.6 Å². The Morgan fingerprint density at radius 2 is 2.19 bits per heavy atom. The lowest BCUT2D eigenvalue weighted by Gasteiger charge is -2.16. The first-order valence-electron chi connectivity index (χ1n) is 5.62. The van der Waals surface area contributed by atoms with Crippen LogP contribution >= 0.6 is 0 Å². The number of nitrogens with one attached hydrogen (secondary N) is 1. The molecule has 1 rings (SSSR count). The Kier molecular flexibility index (Phi) is 5.17. The van der Waals surface area contributed by atoms with Gasteiger partial charge in [-0.05, 0) is 20.3 Å². The molecule has 5 nitrogen and oxygen atoms in total. The lowest BCUT2D eigenvalue weighted by atomic mass is 10.2. The number of hydrogen-bond acceptors (Lipinski definition) is 5. The molecule has 1 fully saturated rings. The molecule has 2 unspecified atom stereocenters. The average molecular weight is 251 g/mol. The fourth-order valence-corrected chi connectivity index (χ4v) is 3.33. The monoisotopic (exact) mass is 251 g/mol. The van der Waals surface area contributed by atoms with Crippen molar-refractivity contribution in [3.05, 3.63) is 0 Å². The molecule has 0 spiro atoms. The number of rotatable bonds is 6. The molecule has 0 aromatic carbocycles. The molecule has 96 valence electrons. The van der Waals surface area contributed by atoms with E-state index in [0.717, 1.165) is 0 Å². The second kappa shape index (κ2) is 5.95. The summed E-state index contributed by atoms with van der Waals surface area (Å²) in [5.74, 6) is 0.439. The molecule has 0 aromatic heterocycles. The van der Waals surface area contributed by atoms with Gasteiger partial charge in [0.05, 0.1) is 30.3 Å². The van der Waals surface area contributed by atoms with E-state index in [1.165, 1.54) is 0 Å². The van der Waals surface area contributed by atoms with Crippen LogP contribution in [0.25, 0.3) is 0 Å². The van der Waals surface area contributed by atoms with E-state index in [4.69, 9.17) is 4.74 Å². The first kappa shape index (κ1) is 13.9. The van der Waals surface area contributed by atoms with E-state index >= 15 is 0 Å². The zero-order valence-electron chi connectivity index (χ0n) is 9.85. The minimum absolute atomic E-state index is 0.0151. The predicted molar refractivity (Wildman–Crippen MR) is 62.2 cm³/mol. The lowest BCUT2D eigenvalue weighted by Crippen LogP contribution is -2.38. The van der Waals surface area contributed by atoms with Gasteiger partial charge in [-0.15, -0.1) is 0 Å². The zero-order valence-corrected chi connectivity index (χ0v) is 10.7. The minimum atomic E-state index is -2.84. The summed E-state index contributed by atoms with van der Waals surface area (Å²) < 4.78 is 27.6. The number of hydrogen-bond donors (Lipinski definition) is 2. The molecule has 16 heavy (non-hydrogen) atoms. The molecular weight excluding hydrogens is 230 g/mol. The van der Waals surface area contributed by atoms with Gasteiger partial charge in [0.25, 0.3) is 0 Å². The summed E-state index contributed by atoms with van der Waals surface area (Å²) in [5.41, 5.74) is 0. The van der Waals surface area contributed by atoms with Gasteiger partial charge in [-0.1, -0.05) is 0 Å². The Morgan fingerprint density at radius 1 is 1.50 bits per heavy atom. The molecular formula is C10H21NO4S. The third-order valence-corrected chi connectivity index (χ3v) is 4.26. The predicted octanol–water partition coefficient (Wildman–Crippen LogP) is -0.451. The van der Waals surface area contributed by atoms with Crippen molar-refractivity contribution in [2.45, 2.75) is 38.5 Å². The molecule has 2 N–H and O–H groups in total. The van der Waals surface area contributed by atoms with Crippen molar-refractivity contribution < 1.29 is 18.3 Å². The highest BCUT2D eigenvalue weighted by atomic mass is 32.2. The van der Waals surface area contributed by atoms with Crippen LogP contribution in [-0.2, 0) is 14.6 Å². The van der Waals surface area contributed by atoms with Gasteiger partial charge in [0.1, 0.15) is 0 Å². The molecule has 1 heterocycles. The molecule has 0 radical (unpaired) electrons. The summed E-state index contributed by atoms with van der Waals surface area (Å²) in [6.07, 6.45) is 0.160. The summed E-state index contributed by atoms with van der Waals surface area (Å²) in [5, 5.41) is 12.6. The van der Waals surface area contributed by atoms with Crippen LogP contribution in [0.1, 0.15) is 20.3 Å². The van der Waals surface area contributed by atoms with Crippen molar-refractivity contribution in [2.24, 2.45) is 0 Å². The van der Waals surface area contributed by atoms with Crippen molar-refractivity contribution in [1.29, 1.82) is 0 Å². The molecule has 0 amide bonds. The Labute approximate surface area is 97.1 Å². The lowest BCUT2D eigenvalue weighted by molar-refractivity contribution is 0.00570. The Balaban J connectivity index is 2.15. The maximum absolute atomic E-state index is 11.2. The van der Waals surface area contributed by atoms with Gasteiger partial charge in [0, 0.05) is 12.6 Å². The van der Waals surface area contributed by atoms with E-state index in [2.05, 4.69) is 5.32 Å². The van der Waals surface area contributed by atoms with Crippen molar-refractivity contribution in [2.75, 3.05) is 24.7 Å². The van der Waals surface area contributed by atoms with E-state index in [-0.39, 0.29) is 30.3 Å². The summed E-state index contributed by atoms with van der Waals surface area (Å²) >= 11 is 0. The highest BCUT2D eigenvalue weighted by Crippen LogP contribution is 2.10. The molecule has 2 atom stereocenters. The fourth-order valence-electron chi connectivity index (χ4n) is 1.62. The third-order valence-electron chi connectivity index (χ3n) is 2.50. The normalized spacial score (nSPS) is 26.1. The second-order valence-corrected chi connectivity index (χ2v) is 6.77. The molecule has 0 bridgehead atoms. The Morgan fingerprint density at radius 3 is 2.69 bits per heavy atom. The van der Waals surface area contributed by atoms with E-state index in [1.807, 2.05) is 13.8 Å². The van der Waals surface area contributed by atoms with E-state index in [1.54, 1.807) is 0 Å². The first-order chi connectivity index (χ1) is 7.39. The Bertz CT molecular complexity index is 302. The van der Waals surface area contributed by atoms with Crippen LogP contribution < -0.4 is 5.32 Å². The van der Waals surface area contributed by atoms with Gasteiger partial charge < -0.3 is 15.2 Å². The summed E-state index contributed by atoms with van der Waals surface area (Å²) in [6.45, 7) is 4.48. The first-order valence-corrected chi connectivity index (χ1v) is 7.44. The van der Waals surface area contributed by atoms with E-state index in [0.29, 0.717) is 13.0 Å². The van der Waals surface area contributed by atoms with Crippen LogP contribution in [0.15, 0.2) is 0 Å². The fraction of sp³-hybridized carbons (Fsp3) is 1.00. The van der Waals surface area contributed by atoms with Crippen molar-refractivity contribution >= 4 is 9.84 Å². The quantitative estimate of drug-likeness (QED) is 0.668. The highest BCUT2D eigenvalue weighted by Gasteiger charge is 2.27. The van der Waals surface area contributed by atoms with Crippen LogP contribution in [-0.4, -0.2) is 56.4 Å². The van der Waals surface area contributed by atoms with Gasteiger partial charge in [-0.2, -0.15) is 0 Å². The molecule has 1 aliphatic heterocycles. The number of aliphatic hydroxyl groups is 1. The maximum atomic E-state index is 11.2. The van der Waals surface area contributed by atoms with Crippen LogP contribution in [0.5, 0.6) is 0 Å². The molecule has 1 aliphatic rings. The molecule has 0 aromatic rings. The van der Waals surface area contributed by atoms with Crippen LogP contribution in [0, 0.1) is 0 Å². The van der Waals surface area contributed by atoms with Crippen LogP contribution in [0.2, 0.25) is 0 Å². The third kappa shape index (κ3) is 5.25. The molecule has 6 heteroatoms. The van der Waals surface area contributed by atoms with Gasteiger partial charge >= 0.3 is 0 Å². The van der Waals surface area contributed by atoms with E-state index < -0.39 is 15.9 Å². The number of sulfone groups is 1. The smallest absolute Gasteiger partial charge is 0.151 e. The van der Waals surface area contributed by atoms with Gasteiger partial charge in [-0.25, -0.2) is 8.42 Å². The summed E-state index contributed by atoms with van der Waals surface area (Å²) in [4.78, 5) is 0. The zero-order chi connectivity index (χ0) is 12.2. The van der Waals surface area contributed by atoms with Crippen molar-refractivity contribution in [1.82, 2.24) is 5.32 Å². The second-order valence-electron chi connectivity index (χ2n) is 4.54. The summed E-state index contributed by atoms with van der Waals surface area (Å²) in [7, 11) is -2.84.